The molecule has 1 heterocycles. The molecule has 0 unspecified atom stereocenters. The molecular formula is C13H12N4. The molecule has 0 aliphatic rings. The molecule has 4 nitrogen and oxygen atoms in total. The van der Waals surface area contributed by atoms with Crippen molar-refractivity contribution >= 4 is 22.4 Å². The van der Waals surface area contributed by atoms with E-state index in [0.717, 1.165) is 22.4 Å². The standard InChI is InChI=1S/C13H12N4/c14-9-5-3-4-8(12(9)15)13-16-10-6-1-2-7-11(10)17-13/h1-7H,14-15H2,(H,16,17). The van der Waals surface area contributed by atoms with Crippen LogP contribution >= 0.6 is 0 Å². The second-order valence-corrected chi connectivity index (χ2v) is 3.91. The number of aromatic nitrogens is 2. The first-order valence-electron chi connectivity index (χ1n) is 5.35. The lowest BCUT2D eigenvalue weighted by molar-refractivity contribution is 1.34. The number of anilines is 2. The molecule has 3 rings (SSSR count). The van der Waals surface area contributed by atoms with Crippen LogP contribution in [0.5, 0.6) is 0 Å². The van der Waals surface area contributed by atoms with Gasteiger partial charge >= 0.3 is 0 Å². The van der Waals surface area contributed by atoms with Crippen LogP contribution < -0.4 is 11.5 Å². The SMILES string of the molecule is Nc1cccc(-c2nc3ccccc3[nH]2)c1N. The minimum Gasteiger partial charge on any atom is -0.397 e. The van der Waals surface area contributed by atoms with Gasteiger partial charge in [0.1, 0.15) is 5.82 Å². The van der Waals surface area contributed by atoms with Gasteiger partial charge in [-0.15, -0.1) is 0 Å². The first-order valence-corrected chi connectivity index (χ1v) is 5.35. The van der Waals surface area contributed by atoms with Gasteiger partial charge in [-0.3, -0.25) is 0 Å². The van der Waals surface area contributed by atoms with Gasteiger partial charge in [0.15, 0.2) is 0 Å². The molecule has 0 amide bonds. The Kier molecular flexibility index (Phi) is 2.01. The Balaban J connectivity index is 2.24. The van der Waals surface area contributed by atoms with Gasteiger partial charge in [-0.2, -0.15) is 0 Å². The third-order valence-electron chi connectivity index (χ3n) is 2.78. The molecule has 0 spiro atoms. The summed E-state index contributed by atoms with van der Waals surface area (Å²) in [6, 6.07) is 13.4. The van der Waals surface area contributed by atoms with Gasteiger partial charge in [0.05, 0.1) is 22.4 Å². The van der Waals surface area contributed by atoms with Crippen molar-refractivity contribution in [2.75, 3.05) is 11.5 Å². The third-order valence-corrected chi connectivity index (χ3v) is 2.78. The predicted molar refractivity (Wildman–Crippen MR) is 70.4 cm³/mol. The number of hydrogen-bond acceptors (Lipinski definition) is 3. The van der Waals surface area contributed by atoms with Gasteiger partial charge in [-0.05, 0) is 24.3 Å². The van der Waals surface area contributed by atoms with E-state index in [2.05, 4.69) is 9.97 Å². The molecule has 0 atom stereocenters. The lowest BCUT2D eigenvalue weighted by atomic mass is 10.1. The number of imidazole rings is 1. The molecule has 3 aromatic rings. The second kappa shape index (κ2) is 3.52. The van der Waals surface area contributed by atoms with E-state index < -0.39 is 0 Å². The van der Waals surface area contributed by atoms with E-state index >= 15 is 0 Å². The third kappa shape index (κ3) is 1.50. The van der Waals surface area contributed by atoms with Gasteiger partial charge < -0.3 is 16.5 Å². The first-order chi connectivity index (χ1) is 8.25. The van der Waals surface area contributed by atoms with Crippen molar-refractivity contribution in [3.8, 4) is 11.4 Å². The maximum atomic E-state index is 5.95. The molecule has 0 bridgehead atoms. The number of rotatable bonds is 1. The van der Waals surface area contributed by atoms with E-state index in [0.29, 0.717) is 11.4 Å². The van der Waals surface area contributed by atoms with Crippen molar-refractivity contribution in [1.29, 1.82) is 0 Å². The Morgan fingerprint density at radius 2 is 1.76 bits per heavy atom. The van der Waals surface area contributed by atoms with Gasteiger partial charge in [-0.25, -0.2) is 4.98 Å². The smallest absolute Gasteiger partial charge is 0.140 e. The van der Waals surface area contributed by atoms with E-state index in [1.807, 2.05) is 36.4 Å². The van der Waals surface area contributed by atoms with E-state index in [9.17, 15) is 0 Å². The fraction of sp³-hybridized carbons (Fsp3) is 0. The summed E-state index contributed by atoms with van der Waals surface area (Å²) in [6.07, 6.45) is 0. The quantitative estimate of drug-likeness (QED) is 0.555. The molecular weight excluding hydrogens is 212 g/mol. The zero-order valence-electron chi connectivity index (χ0n) is 9.14. The predicted octanol–water partition coefficient (Wildman–Crippen LogP) is 2.39. The van der Waals surface area contributed by atoms with Crippen LogP contribution in [0.3, 0.4) is 0 Å². The monoisotopic (exact) mass is 224 g/mol. The van der Waals surface area contributed by atoms with Crippen LogP contribution in [0.15, 0.2) is 42.5 Å². The Bertz CT molecular complexity index is 652. The van der Waals surface area contributed by atoms with Crippen LogP contribution in [0.1, 0.15) is 0 Å². The molecule has 84 valence electrons. The summed E-state index contributed by atoms with van der Waals surface area (Å²) in [5.74, 6) is 0.746. The molecule has 0 saturated heterocycles. The van der Waals surface area contributed by atoms with Crippen LogP contribution in [0.2, 0.25) is 0 Å². The van der Waals surface area contributed by atoms with Crippen molar-refractivity contribution < 1.29 is 0 Å². The summed E-state index contributed by atoms with van der Waals surface area (Å²) in [7, 11) is 0. The lowest BCUT2D eigenvalue weighted by Crippen LogP contribution is -1.97. The highest BCUT2D eigenvalue weighted by Gasteiger charge is 2.09. The maximum absolute atomic E-state index is 5.95. The Morgan fingerprint density at radius 3 is 2.59 bits per heavy atom. The first kappa shape index (κ1) is 9.72. The number of para-hydroxylation sites is 3. The highest BCUT2D eigenvalue weighted by molar-refractivity contribution is 5.86. The topological polar surface area (TPSA) is 80.7 Å². The minimum absolute atomic E-state index is 0.562. The summed E-state index contributed by atoms with van der Waals surface area (Å²) in [5.41, 5.74) is 15.6. The fourth-order valence-corrected chi connectivity index (χ4v) is 1.87. The molecule has 17 heavy (non-hydrogen) atoms. The van der Waals surface area contributed by atoms with Crippen LogP contribution in [0.25, 0.3) is 22.4 Å². The molecule has 0 aliphatic heterocycles. The largest absolute Gasteiger partial charge is 0.397 e. The Labute approximate surface area is 98.3 Å². The number of benzene rings is 2. The van der Waals surface area contributed by atoms with Crippen molar-refractivity contribution in [3.05, 3.63) is 42.5 Å². The Morgan fingerprint density at radius 1 is 0.941 bits per heavy atom. The summed E-state index contributed by atoms with van der Waals surface area (Å²) in [5, 5.41) is 0. The highest BCUT2D eigenvalue weighted by atomic mass is 14.9. The summed E-state index contributed by atoms with van der Waals surface area (Å²) in [4.78, 5) is 7.73. The number of hydrogen-bond donors (Lipinski definition) is 3. The number of H-pyrrole nitrogens is 1. The lowest BCUT2D eigenvalue weighted by Gasteiger charge is -2.04. The van der Waals surface area contributed by atoms with Gasteiger partial charge in [0.2, 0.25) is 0 Å². The van der Waals surface area contributed by atoms with E-state index in [1.54, 1.807) is 6.07 Å². The number of aromatic amines is 1. The van der Waals surface area contributed by atoms with Crippen LogP contribution in [0, 0.1) is 0 Å². The van der Waals surface area contributed by atoms with Crippen molar-refractivity contribution in [2.24, 2.45) is 0 Å². The minimum atomic E-state index is 0.562. The molecule has 0 fully saturated rings. The van der Waals surface area contributed by atoms with E-state index in [1.165, 1.54) is 0 Å². The summed E-state index contributed by atoms with van der Waals surface area (Å²) >= 11 is 0. The fourth-order valence-electron chi connectivity index (χ4n) is 1.87. The second-order valence-electron chi connectivity index (χ2n) is 3.91. The number of fused-ring (bicyclic) bond motifs is 1. The summed E-state index contributed by atoms with van der Waals surface area (Å²) in [6.45, 7) is 0. The highest BCUT2D eigenvalue weighted by Crippen LogP contribution is 2.29. The maximum Gasteiger partial charge on any atom is 0.140 e. The van der Waals surface area contributed by atoms with Crippen LogP contribution in [0.4, 0.5) is 11.4 Å². The number of nitrogen functional groups attached to an aromatic ring is 2. The molecule has 1 aromatic heterocycles. The normalized spacial score (nSPS) is 10.8. The van der Waals surface area contributed by atoms with Crippen molar-refractivity contribution in [1.82, 2.24) is 9.97 Å². The van der Waals surface area contributed by atoms with E-state index in [-0.39, 0.29) is 0 Å². The molecule has 5 N–H and O–H groups in total. The van der Waals surface area contributed by atoms with Gasteiger partial charge in [-0.1, -0.05) is 18.2 Å². The van der Waals surface area contributed by atoms with E-state index in [4.69, 9.17) is 11.5 Å². The Hall–Kier alpha value is -2.49. The number of nitrogens with two attached hydrogens (primary N) is 2. The zero-order chi connectivity index (χ0) is 11.8. The number of nitrogens with one attached hydrogen (secondary N) is 1. The number of nitrogens with zero attached hydrogens (tertiary/aromatic N) is 1. The van der Waals surface area contributed by atoms with Gasteiger partial charge in [0, 0.05) is 5.56 Å². The summed E-state index contributed by atoms with van der Waals surface area (Å²) < 4.78 is 0. The molecule has 4 heteroatoms. The zero-order valence-corrected chi connectivity index (χ0v) is 9.14. The van der Waals surface area contributed by atoms with Crippen LogP contribution in [-0.4, -0.2) is 9.97 Å². The molecule has 0 aliphatic carbocycles. The molecule has 0 saturated carbocycles. The van der Waals surface area contributed by atoms with Gasteiger partial charge in [0.25, 0.3) is 0 Å². The average molecular weight is 224 g/mol. The van der Waals surface area contributed by atoms with Crippen molar-refractivity contribution in [3.63, 3.8) is 0 Å². The molecule has 0 radical (unpaired) electrons. The van der Waals surface area contributed by atoms with Crippen LogP contribution in [-0.2, 0) is 0 Å². The average Bonchev–Trinajstić information content (AvgIpc) is 2.76. The van der Waals surface area contributed by atoms with Crippen molar-refractivity contribution in [2.45, 2.75) is 0 Å². The molecule has 2 aromatic carbocycles.